The average molecular weight is 219 g/mol. The van der Waals surface area contributed by atoms with Crippen LogP contribution in [0.25, 0.3) is 0 Å². The van der Waals surface area contributed by atoms with Gasteiger partial charge in [-0.2, -0.15) is 23.4 Å². The third-order valence-corrected chi connectivity index (χ3v) is 1.59. The van der Waals surface area contributed by atoms with Gasteiger partial charge in [0.15, 0.2) is 5.82 Å². The summed E-state index contributed by atoms with van der Waals surface area (Å²) in [6.07, 6.45) is -4.99. The lowest BCUT2D eigenvalue weighted by atomic mass is 10.3. The maximum absolute atomic E-state index is 11.8. The molecule has 0 saturated heterocycles. The third kappa shape index (κ3) is 4.44. The number of hydrogen-bond acceptors (Lipinski definition) is 4. The van der Waals surface area contributed by atoms with Gasteiger partial charge in [-0.05, 0) is 0 Å². The van der Waals surface area contributed by atoms with Crippen molar-refractivity contribution >= 4 is 0 Å². The van der Waals surface area contributed by atoms with E-state index in [1.807, 2.05) is 6.07 Å². The van der Waals surface area contributed by atoms with Crippen molar-refractivity contribution in [3.8, 4) is 6.07 Å². The van der Waals surface area contributed by atoms with Crippen LogP contribution in [0.4, 0.5) is 13.2 Å². The maximum Gasteiger partial charge on any atom is 0.389 e. The van der Waals surface area contributed by atoms with Crippen molar-refractivity contribution in [3.63, 3.8) is 0 Å². The van der Waals surface area contributed by atoms with Crippen molar-refractivity contribution in [2.45, 2.75) is 31.9 Å². The van der Waals surface area contributed by atoms with Crippen molar-refractivity contribution in [2.75, 3.05) is 0 Å². The molecule has 0 aliphatic carbocycles. The number of nitriles is 1. The van der Waals surface area contributed by atoms with Crippen LogP contribution in [0.1, 0.15) is 24.6 Å². The maximum atomic E-state index is 11.8. The van der Waals surface area contributed by atoms with E-state index in [0.29, 0.717) is 0 Å². The van der Waals surface area contributed by atoms with Crippen molar-refractivity contribution in [2.24, 2.45) is 0 Å². The first kappa shape index (κ1) is 11.5. The predicted octanol–water partition coefficient (Wildman–Crippen LogP) is 2.02. The average Bonchev–Trinajstić information content (AvgIpc) is 2.58. The lowest BCUT2D eigenvalue weighted by molar-refractivity contribution is -0.134. The van der Waals surface area contributed by atoms with Gasteiger partial charge < -0.3 is 4.52 Å². The largest absolute Gasteiger partial charge is 0.389 e. The molecular formula is C8H8F3N3O. The van der Waals surface area contributed by atoms with Crippen molar-refractivity contribution < 1.29 is 17.7 Å². The standard InChI is InChI=1S/C8H8F3N3O/c9-8(10,11)4-3-6-13-7(15-14-6)2-1-5-12/h1-4H2. The number of rotatable bonds is 4. The van der Waals surface area contributed by atoms with Crippen LogP contribution in [0.3, 0.4) is 0 Å². The van der Waals surface area contributed by atoms with E-state index in [1.54, 1.807) is 0 Å². The third-order valence-electron chi connectivity index (χ3n) is 1.59. The Morgan fingerprint density at radius 1 is 1.33 bits per heavy atom. The van der Waals surface area contributed by atoms with Crippen LogP contribution in [0, 0.1) is 11.3 Å². The molecule has 0 fully saturated rings. The summed E-state index contributed by atoms with van der Waals surface area (Å²) >= 11 is 0. The Bertz CT molecular complexity index is 353. The Morgan fingerprint density at radius 3 is 2.67 bits per heavy atom. The second-order valence-corrected chi connectivity index (χ2v) is 2.88. The van der Waals surface area contributed by atoms with Crippen molar-refractivity contribution in [3.05, 3.63) is 11.7 Å². The summed E-state index contributed by atoms with van der Waals surface area (Å²) in [7, 11) is 0. The Balaban J connectivity index is 2.43. The highest BCUT2D eigenvalue weighted by Gasteiger charge is 2.27. The molecule has 0 aliphatic rings. The minimum Gasteiger partial charge on any atom is -0.339 e. The van der Waals surface area contributed by atoms with E-state index in [0.717, 1.165) is 0 Å². The summed E-state index contributed by atoms with van der Waals surface area (Å²) in [5.74, 6) is 0.231. The van der Waals surface area contributed by atoms with Gasteiger partial charge in [-0.25, -0.2) is 0 Å². The Morgan fingerprint density at radius 2 is 2.07 bits per heavy atom. The second kappa shape index (κ2) is 4.77. The summed E-state index contributed by atoms with van der Waals surface area (Å²) in [5.41, 5.74) is 0. The van der Waals surface area contributed by atoms with Gasteiger partial charge in [-0.1, -0.05) is 5.16 Å². The van der Waals surface area contributed by atoms with Gasteiger partial charge >= 0.3 is 6.18 Å². The Kier molecular flexibility index (Phi) is 3.66. The number of aryl methyl sites for hydroxylation is 2. The van der Waals surface area contributed by atoms with E-state index in [-0.39, 0.29) is 31.0 Å². The Hall–Kier alpha value is -1.58. The van der Waals surface area contributed by atoms with Crippen LogP contribution in [-0.2, 0) is 12.8 Å². The van der Waals surface area contributed by atoms with Gasteiger partial charge in [0.2, 0.25) is 5.89 Å². The zero-order valence-electron chi connectivity index (χ0n) is 7.71. The predicted molar refractivity (Wildman–Crippen MR) is 42.6 cm³/mol. The van der Waals surface area contributed by atoms with Gasteiger partial charge in [-0.15, -0.1) is 0 Å². The number of hydrogen-bond donors (Lipinski definition) is 0. The van der Waals surface area contributed by atoms with Crippen LogP contribution in [0.5, 0.6) is 0 Å². The van der Waals surface area contributed by atoms with E-state index in [2.05, 4.69) is 14.7 Å². The van der Waals surface area contributed by atoms with Crippen LogP contribution in [-0.4, -0.2) is 16.3 Å². The molecule has 0 unspecified atom stereocenters. The smallest absolute Gasteiger partial charge is 0.339 e. The molecular weight excluding hydrogens is 211 g/mol. The molecule has 0 aliphatic heterocycles. The van der Waals surface area contributed by atoms with Gasteiger partial charge in [0.05, 0.1) is 12.5 Å². The molecule has 1 heterocycles. The van der Waals surface area contributed by atoms with E-state index in [9.17, 15) is 13.2 Å². The van der Waals surface area contributed by atoms with Gasteiger partial charge in [0, 0.05) is 19.3 Å². The van der Waals surface area contributed by atoms with Crippen LogP contribution < -0.4 is 0 Å². The van der Waals surface area contributed by atoms with Gasteiger partial charge in [0.25, 0.3) is 0 Å². The fraction of sp³-hybridized carbons (Fsp3) is 0.625. The summed E-state index contributed by atoms with van der Waals surface area (Å²) in [6, 6.07) is 1.87. The minimum absolute atomic E-state index is 0.0280. The quantitative estimate of drug-likeness (QED) is 0.777. The van der Waals surface area contributed by atoms with Crippen molar-refractivity contribution in [1.82, 2.24) is 10.1 Å². The molecule has 0 amide bonds. The molecule has 1 aromatic rings. The highest BCUT2D eigenvalue weighted by atomic mass is 19.4. The molecule has 0 aromatic carbocycles. The van der Waals surface area contributed by atoms with Crippen molar-refractivity contribution in [1.29, 1.82) is 5.26 Å². The molecule has 4 nitrogen and oxygen atoms in total. The SMILES string of the molecule is N#CCCc1nc(CCC(F)(F)F)no1. The monoisotopic (exact) mass is 219 g/mol. The molecule has 15 heavy (non-hydrogen) atoms. The molecule has 0 saturated carbocycles. The van der Waals surface area contributed by atoms with Gasteiger partial charge in [0.1, 0.15) is 0 Å². The van der Waals surface area contributed by atoms with Crippen LogP contribution in [0.2, 0.25) is 0 Å². The number of halogens is 3. The zero-order chi connectivity index (χ0) is 11.3. The zero-order valence-corrected chi connectivity index (χ0v) is 7.71. The molecule has 1 rings (SSSR count). The number of nitrogens with zero attached hydrogens (tertiary/aromatic N) is 3. The lowest BCUT2D eigenvalue weighted by Gasteiger charge is -2.01. The normalized spacial score (nSPS) is 11.3. The number of aromatic nitrogens is 2. The molecule has 0 atom stereocenters. The van der Waals surface area contributed by atoms with E-state index >= 15 is 0 Å². The lowest BCUT2D eigenvalue weighted by Crippen LogP contribution is -2.09. The van der Waals surface area contributed by atoms with Crippen LogP contribution in [0.15, 0.2) is 4.52 Å². The molecule has 0 bridgehead atoms. The highest BCUT2D eigenvalue weighted by molar-refractivity contribution is 4.89. The molecule has 0 N–H and O–H groups in total. The molecule has 82 valence electrons. The first-order valence-corrected chi connectivity index (χ1v) is 4.26. The summed E-state index contributed by atoms with van der Waals surface area (Å²) in [6.45, 7) is 0. The topological polar surface area (TPSA) is 62.7 Å². The van der Waals surface area contributed by atoms with E-state index in [4.69, 9.17) is 5.26 Å². The first-order chi connectivity index (χ1) is 7.01. The fourth-order valence-corrected chi connectivity index (χ4v) is 0.910. The summed E-state index contributed by atoms with van der Waals surface area (Å²) in [4.78, 5) is 3.72. The summed E-state index contributed by atoms with van der Waals surface area (Å²) < 4.78 is 40.1. The fourth-order valence-electron chi connectivity index (χ4n) is 0.910. The summed E-state index contributed by atoms with van der Waals surface area (Å²) in [5, 5.41) is 11.6. The molecule has 1 aromatic heterocycles. The highest BCUT2D eigenvalue weighted by Crippen LogP contribution is 2.21. The first-order valence-electron chi connectivity index (χ1n) is 4.26. The molecule has 0 radical (unpaired) electrons. The van der Waals surface area contributed by atoms with Gasteiger partial charge in [-0.3, -0.25) is 0 Å². The molecule has 7 heteroatoms. The van der Waals surface area contributed by atoms with Crippen LogP contribution >= 0.6 is 0 Å². The van der Waals surface area contributed by atoms with E-state index < -0.39 is 12.6 Å². The molecule has 0 spiro atoms. The Labute approximate surface area is 83.7 Å². The number of alkyl halides is 3. The van der Waals surface area contributed by atoms with E-state index in [1.165, 1.54) is 0 Å². The second-order valence-electron chi connectivity index (χ2n) is 2.88. The minimum atomic E-state index is -4.21.